The van der Waals surface area contributed by atoms with E-state index in [0.29, 0.717) is 23.6 Å². The van der Waals surface area contributed by atoms with Crippen LogP contribution in [0.1, 0.15) is 38.3 Å². The van der Waals surface area contributed by atoms with Crippen molar-refractivity contribution in [3.63, 3.8) is 0 Å². The minimum atomic E-state index is -0.0585. The standard InChI is InChI=1S/C24H28ClN3O3/c1-16(2)28-14-24(22(28)17-3-5-18(25)6-4-17)9-11-27(12-10-24)23(29)26-19-7-8-20-21(13-19)31-15-30-20/h3-8,13,16,22H,9-12,14-15H2,1-2H3,(H,26,29). The van der Waals surface area contributed by atoms with Gasteiger partial charge in [-0.15, -0.1) is 0 Å². The maximum atomic E-state index is 12.9. The Kier molecular flexibility index (Phi) is 5.22. The SMILES string of the molecule is CC(C)N1CC2(CCN(C(=O)Nc3ccc4c(c3)OCO4)CC2)C1c1ccc(Cl)cc1. The van der Waals surface area contributed by atoms with Crippen LogP contribution in [0.15, 0.2) is 42.5 Å². The number of hydrogen-bond acceptors (Lipinski definition) is 4. The van der Waals surface area contributed by atoms with Crippen molar-refractivity contribution in [1.82, 2.24) is 9.80 Å². The minimum Gasteiger partial charge on any atom is -0.454 e. The Morgan fingerprint density at radius 3 is 2.52 bits per heavy atom. The molecule has 3 heterocycles. The molecule has 3 aliphatic rings. The van der Waals surface area contributed by atoms with Crippen LogP contribution in [0.3, 0.4) is 0 Å². The number of carbonyl (C=O) groups is 1. The van der Waals surface area contributed by atoms with Crippen LogP contribution >= 0.6 is 11.6 Å². The third-order valence-electron chi connectivity index (χ3n) is 6.93. The van der Waals surface area contributed by atoms with Gasteiger partial charge in [0.1, 0.15) is 0 Å². The van der Waals surface area contributed by atoms with Crippen molar-refractivity contribution < 1.29 is 14.3 Å². The van der Waals surface area contributed by atoms with Crippen LogP contribution in [0.2, 0.25) is 5.02 Å². The first kappa shape index (κ1) is 20.5. The second-order valence-electron chi connectivity index (χ2n) is 9.07. The summed E-state index contributed by atoms with van der Waals surface area (Å²) in [6.07, 6.45) is 2.00. The van der Waals surface area contributed by atoms with Crippen LogP contribution in [-0.4, -0.2) is 48.3 Å². The smallest absolute Gasteiger partial charge is 0.321 e. The molecule has 2 aromatic rings. The lowest BCUT2D eigenvalue weighted by molar-refractivity contribution is -0.123. The first-order chi connectivity index (χ1) is 14.9. The van der Waals surface area contributed by atoms with E-state index >= 15 is 0 Å². The van der Waals surface area contributed by atoms with Crippen LogP contribution in [0.4, 0.5) is 10.5 Å². The summed E-state index contributed by atoms with van der Waals surface area (Å²) in [6, 6.07) is 14.6. The fraction of sp³-hybridized carbons (Fsp3) is 0.458. The Labute approximate surface area is 188 Å². The van der Waals surface area contributed by atoms with Gasteiger partial charge < -0.3 is 19.7 Å². The van der Waals surface area contributed by atoms with E-state index in [4.69, 9.17) is 21.1 Å². The summed E-state index contributed by atoms with van der Waals surface area (Å²) in [7, 11) is 0. The number of piperidine rings is 1. The number of anilines is 1. The van der Waals surface area contributed by atoms with Gasteiger partial charge in [0.25, 0.3) is 0 Å². The fourth-order valence-electron chi connectivity index (χ4n) is 5.22. The van der Waals surface area contributed by atoms with Crippen LogP contribution in [0, 0.1) is 5.41 Å². The average molecular weight is 442 g/mol. The highest BCUT2D eigenvalue weighted by Crippen LogP contribution is 2.55. The molecule has 2 saturated heterocycles. The number of halogens is 1. The van der Waals surface area contributed by atoms with Gasteiger partial charge in [0.2, 0.25) is 6.79 Å². The molecular weight excluding hydrogens is 414 g/mol. The Morgan fingerprint density at radius 2 is 1.81 bits per heavy atom. The number of nitrogens with zero attached hydrogens (tertiary/aromatic N) is 2. The maximum Gasteiger partial charge on any atom is 0.321 e. The van der Waals surface area contributed by atoms with Gasteiger partial charge in [0.15, 0.2) is 11.5 Å². The number of ether oxygens (including phenoxy) is 2. The summed E-state index contributed by atoms with van der Waals surface area (Å²) in [5, 5.41) is 3.77. The lowest BCUT2D eigenvalue weighted by atomic mass is 9.62. The number of benzene rings is 2. The highest BCUT2D eigenvalue weighted by Gasteiger charge is 2.54. The zero-order valence-electron chi connectivity index (χ0n) is 17.9. The molecule has 31 heavy (non-hydrogen) atoms. The maximum absolute atomic E-state index is 12.9. The predicted molar refractivity (Wildman–Crippen MR) is 121 cm³/mol. The van der Waals surface area contributed by atoms with E-state index in [-0.39, 0.29) is 18.2 Å². The number of nitrogens with one attached hydrogen (secondary N) is 1. The van der Waals surface area contributed by atoms with Gasteiger partial charge >= 0.3 is 6.03 Å². The Bertz CT molecular complexity index is 971. The summed E-state index contributed by atoms with van der Waals surface area (Å²) >= 11 is 6.13. The molecule has 5 rings (SSSR count). The summed E-state index contributed by atoms with van der Waals surface area (Å²) < 4.78 is 10.7. The summed E-state index contributed by atoms with van der Waals surface area (Å²) in [5.74, 6) is 1.38. The van der Waals surface area contributed by atoms with Crippen molar-refractivity contribution in [2.24, 2.45) is 5.41 Å². The van der Waals surface area contributed by atoms with Gasteiger partial charge in [-0.3, -0.25) is 4.90 Å². The molecular formula is C24H28ClN3O3. The Balaban J connectivity index is 1.25. The van der Waals surface area contributed by atoms with Gasteiger partial charge in [-0.2, -0.15) is 0 Å². The largest absolute Gasteiger partial charge is 0.454 e. The van der Waals surface area contributed by atoms with Gasteiger partial charge in [0, 0.05) is 53.9 Å². The monoisotopic (exact) mass is 441 g/mol. The number of fused-ring (bicyclic) bond motifs is 1. The molecule has 0 radical (unpaired) electrons. The number of likely N-dealkylation sites (tertiary alicyclic amines) is 2. The summed E-state index contributed by atoms with van der Waals surface area (Å²) in [6.45, 7) is 7.32. The molecule has 2 amide bonds. The van der Waals surface area contributed by atoms with E-state index in [2.05, 4.69) is 36.2 Å². The van der Waals surface area contributed by atoms with E-state index in [0.717, 1.165) is 43.2 Å². The molecule has 2 aromatic carbocycles. The average Bonchev–Trinajstić information content (AvgIpc) is 3.22. The van der Waals surface area contributed by atoms with Crippen molar-refractivity contribution in [3.8, 4) is 11.5 Å². The number of hydrogen-bond donors (Lipinski definition) is 1. The Morgan fingerprint density at radius 1 is 1.10 bits per heavy atom. The zero-order chi connectivity index (χ0) is 21.6. The van der Waals surface area contributed by atoms with Crippen molar-refractivity contribution in [2.45, 2.75) is 38.8 Å². The lowest BCUT2D eigenvalue weighted by Gasteiger charge is -2.62. The summed E-state index contributed by atoms with van der Waals surface area (Å²) in [5.41, 5.74) is 2.26. The van der Waals surface area contributed by atoms with Gasteiger partial charge in [0.05, 0.1) is 0 Å². The third kappa shape index (κ3) is 3.72. The van der Waals surface area contributed by atoms with E-state index in [1.165, 1.54) is 5.56 Å². The molecule has 0 saturated carbocycles. The molecule has 1 atom stereocenters. The number of urea groups is 1. The second kappa shape index (κ2) is 7.92. The van der Waals surface area contributed by atoms with E-state index in [1.807, 2.05) is 35.2 Å². The van der Waals surface area contributed by atoms with Crippen molar-refractivity contribution >= 4 is 23.3 Å². The normalized spacial score (nSPS) is 21.9. The molecule has 0 aliphatic carbocycles. The van der Waals surface area contributed by atoms with Gasteiger partial charge in [-0.1, -0.05) is 23.7 Å². The second-order valence-corrected chi connectivity index (χ2v) is 9.50. The number of rotatable bonds is 3. The Hall–Kier alpha value is -2.44. The molecule has 0 bridgehead atoms. The number of carbonyl (C=O) groups excluding carboxylic acids is 1. The van der Waals surface area contributed by atoms with E-state index in [1.54, 1.807) is 0 Å². The minimum absolute atomic E-state index is 0.0585. The quantitative estimate of drug-likeness (QED) is 0.715. The molecule has 2 fully saturated rings. The van der Waals surface area contributed by atoms with Gasteiger partial charge in [-0.05, 0) is 56.5 Å². The first-order valence-electron chi connectivity index (χ1n) is 10.9. The van der Waals surface area contributed by atoms with Crippen LogP contribution in [-0.2, 0) is 0 Å². The molecule has 0 aromatic heterocycles. The molecule has 7 heteroatoms. The van der Waals surface area contributed by atoms with E-state index in [9.17, 15) is 4.79 Å². The molecule has 1 spiro atoms. The number of amides is 2. The van der Waals surface area contributed by atoms with Crippen LogP contribution < -0.4 is 14.8 Å². The molecule has 1 N–H and O–H groups in total. The van der Waals surface area contributed by atoms with Crippen molar-refractivity contribution in [1.29, 1.82) is 0 Å². The molecule has 6 nitrogen and oxygen atoms in total. The van der Waals surface area contributed by atoms with Gasteiger partial charge in [-0.25, -0.2) is 4.79 Å². The van der Waals surface area contributed by atoms with Crippen molar-refractivity contribution in [3.05, 3.63) is 53.1 Å². The lowest BCUT2D eigenvalue weighted by Crippen LogP contribution is -2.64. The highest BCUT2D eigenvalue weighted by atomic mass is 35.5. The molecule has 164 valence electrons. The summed E-state index contributed by atoms with van der Waals surface area (Å²) in [4.78, 5) is 17.3. The van der Waals surface area contributed by atoms with Crippen molar-refractivity contribution in [2.75, 3.05) is 31.7 Å². The van der Waals surface area contributed by atoms with Crippen LogP contribution in [0.5, 0.6) is 11.5 Å². The van der Waals surface area contributed by atoms with E-state index < -0.39 is 0 Å². The topological polar surface area (TPSA) is 54.0 Å². The fourth-order valence-corrected chi connectivity index (χ4v) is 5.34. The molecule has 3 aliphatic heterocycles. The third-order valence-corrected chi connectivity index (χ3v) is 7.18. The zero-order valence-corrected chi connectivity index (χ0v) is 18.7. The highest BCUT2D eigenvalue weighted by molar-refractivity contribution is 6.30. The first-order valence-corrected chi connectivity index (χ1v) is 11.3. The molecule has 1 unspecified atom stereocenters. The van der Waals surface area contributed by atoms with Crippen LogP contribution in [0.25, 0.3) is 0 Å². The predicted octanol–water partition coefficient (Wildman–Crippen LogP) is 5.15.